The average Bonchev–Trinajstić information content (AvgIpc) is 2.48. The number of rotatable bonds is 4. The van der Waals surface area contributed by atoms with E-state index < -0.39 is 24.3 Å². The molecular weight excluding hydrogens is 333 g/mol. The van der Waals surface area contributed by atoms with Crippen LogP contribution in [0.15, 0.2) is 30.3 Å². The Morgan fingerprint density at radius 2 is 1.75 bits per heavy atom. The van der Waals surface area contributed by atoms with Gasteiger partial charge in [-0.2, -0.15) is 0 Å². The zero-order chi connectivity index (χ0) is 17.9. The molecule has 0 aliphatic rings. The Morgan fingerprint density at radius 1 is 1.12 bits per heavy atom. The molecule has 2 aromatic rings. The normalized spacial score (nSPS) is 10.4. The summed E-state index contributed by atoms with van der Waals surface area (Å²) in [5.74, 6) is -1.86. The number of halogens is 2. The van der Waals surface area contributed by atoms with Gasteiger partial charge in [-0.1, -0.05) is 29.3 Å². The molecule has 0 saturated heterocycles. The van der Waals surface area contributed by atoms with Crippen molar-refractivity contribution in [3.8, 4) is 0 Å². The summed E-state index contributed by atoms with van der Waals surface area (Å²) in [6, 6.07) is 7.53. The highest BCUT2D eigenvalue weighted by molar-refractivity contribution is 6.30. The summed E-state index contributed by atoms with van der Waals surface area (Å²) in [6.45, 7) is 5.02. The number of amides is 1. The Bertz CT molecular complexity index is 782. The van der Waals surface area contributed by atoms with Crippen molar-refractivity contribution in [2.45, 2.75) is 20.8 Å². The van der Waals surface area contributed by atoms with Gasteiger partial charge in [-0.15, -0.1) is 0 Å². The molecule has 0 fully saturated rings. The van der Waals surface area contributed by atoms with E-state index in [0.717, 1.165) is 22.8 Å². The third-order valence-corrected chi connectivity index (χ3v) is 3.65. The van der Waals surface area contributed by atoms with Crippen molar-refractivity contribution >= 4 is 29.2 Å². The summed E-state index contributed by atoms with van der Waals surface area (Å²) in [7, 11) is 0. The summed E-state index contributed by atoms with van der Waals surface area (Å²) in [5, 5.41) is 2.61. The number of ether oxygens (including phenoxy) is 1. The van der Waals surface area contributed by atoms with E-state index in [1.165, 1.54) is 12.1 Å². The van der Waals surface area contributed by atoms with E-state index in [1.807, 2.05) is 19.1 Å². The zero-order valence-corrected chi connectivity index (χ0v) is 14.3. The molecule has 6 heteroatoms. The number of hydrogen-bond donors (Lipinski definition) is 1. The van der Waals surface area contributed by atoms with Gasteiger partial charge in [0, 0.05) is 5.02 Å². The molecule has 2 rings (SSSR count). The zero-order valence-electron chi connectivity index (χ0n) is 13.6. The van der Waals surface area contributed by atoms with Crippen LogP contribution in [0.1, 0.15) is 27.0 Å². The summed E-state index contributed by atoms with van der Waals surface area (Å²) in [6.07, 6.45) is 0. The van der Waals surface area contributed by atoms with Crippen molar-refractivity contribution in [1.82, 2.24) is 0 Å². The lowest BCUT2D eigenvalue weighted by atomic mass is 10.00. The molecule has 0 unspecified atom stereocenters. The minimum Gasteiger partial charge on any atom is -0.452 e. The van der Waals surface area contributed by atoms with Gasteiger partial charge in [0.1, 0.15) is 5.82 Å². The number of nitrogens with one attached hydrogen (secondary N) is 1. The first-order valence-corrected chi connectivity index (χ1v) is 7.65. The van der Waals surface area contributed by atoms with Crippen LogP contribution in [0.3, 0.4) is 0 Å². The molecule has 0 aliphatic heterocycles. The Labute approximate surface area is 144 Å². The fourth-order valence-electron chi connectivity index (χ4n) is 2.48. The minimum atomic E-state index is -0.646. The molecule has 0 bridgehead atoms. The van der Waals surface area contributed by atoms with Crippen molar-refractivity contribution < 1.29 is 18.7 Å². The van der Waals surface area contributed by atoms with Crippen molar-refractivity contribution in [2.75, 3.05) is 11.9 Å². The van der Waals surface area contributed by atoms with Crippen LogP contribution in [0, 0.1) is 26.6 Å². The van der Waals surface area contributed by atoms with Gasteiger partial charge in [-0.25, -0.2) is 9.18 Å². The molecule has 0 spiro atoms. The van der Waals surface area contributed by atoms with E-state index in [-0.39, 0.29) is 10.7 Å². The maximum atomic E-state index is 13.6. The summed E-state index contributed by atoms with van der Waals surface area (Å²) < 4.78 is 18.6. The Hall–Kier alpha value is -2.40. The van der Waals surface area contributed by atoms with Crippen LogP contribution < -0.4 is 5.32 Å². The van der Waals surface area contributed by atoms with Gasteiger partial charge in [0.15, 0.2) is 6.61 Å². The second-order valence-electron chi connectivity index (χ2n) is 5.52. The lowest BCUT2D eigenvalue weighted by molar-refractivity contribution is -0.119. The monoisotopic (exact) mass is 349 g/mol. The summed E-state index contributed by atoms with van der Waals surface area (Å²) >= 11 is 5.75. The Kier molecular flexibility index (Phi) is 5.57. The van der Waals surface area contributed by atoms with Gasteiger partial charge in [-0.05, 0) is 50.1 Å². The molecule has 0 heterocycles. The van der Waals surface area contributed by atoms with Crippen molar-refractivity contribution in [3.05, 3.63) is 63.4 Å². The highest BCUT2D eigenvalue weighted by Gasteiger charge is 2.16. The van der Waals surface area contributed by atoms with Crippen molar-refractivity contribution in [1.29, 1.82) is 0 Å². The molecule has 0 saturated carbocycles. The van der Waals surface area contributed by atoms with Crippen LogP contribution >= 0.6 is 11.6 Å². The van der Waals surface area contributed by atoms with E-state index in [9.17, 15) is 14.0 Å². The molecular formula is C18H17ClFNO3. The number of benzene rings is 2. The molecule has 24 heavy (non-hydrogen) atoms. The third-order valence-electron chi connectivity index (χ3n) is 3.42. The third kappa shape index (κ3) is 4.32. The first-order valence-electron chi connectivity index (χ1n) is 7.28. The maximum Gasteiger partial charge on any atom is 0.339 e. The van der Waals surface area contributed by atoms with Crippen LogP contribution in [-0.4, -0.2) is 18.5 Å². The van der Waals surface area contributed by atoms with Gasteiger partial charge in [0.05, 0.1) is 11.3 Å². The number of carbonyl (C=O) groups is 2. The second-order valence-corrected chi connectivity index (χ2v) is 5.96. The first kappa shape index (κ1) is 17.9. The van der Waals surface area contributed by atoms with Crippen molar-refractivity contribution in [2.24, 2.45) is 0 Å². The molecule has 4 nitrogen and oxygen atoms in total. The number of anilines is 1. The Balaban J connectivity index is 2.02. The molecule has 0 atom stereocenters. The van der Waals surface area contributed by atoms with Gasteiger partial charge >= 0.3 is 5.97 Å². The number of esters is 1. The molecule has 1 amide bonds. The van der Waals surface area contributed by atoms with Crippen LogP contribution in [0.5, 0.6) is 0 Å². The summed E-state index contributed by atoms with van der Waals surface area (Å²) in [4.78, 5) is 24.0. The van der Waals surface area contributed by atoms with Crippen LogP contribution in [0.25, 0.3) is 0 Å². The summed E-state index contributed by atoms with van der Waals surface area (Å²) in [5.41, 5.74) is 2.96. The second kappa shape index (κ2) is 7.45. The highest BCUT2D eigenvalue weighted by Crippen LogP contribution is 2.20. The molecule has 0 aliphatic carbocycles. The van der Waals surface area contributed by atoms with E-state index in [4.69, 9.17) is 16.3 Å². The van der Waals surface area contributed by atoms with Crippen LogP contribution in [0.4, 0.5) is 10.1 Å². The number of aryl methyl sites for hydroxylation is 3. The Morgan fingerprint density at radius 3 is 2.38 bits per heavy atom. The maximum absolute atomic E-state index is 13.6. The largest absolute Gasteiger partial charge is 0.452 e. The minimum absolute atomic E-state index is 0.0637. The van der Waals surface area contributed by atoms with Gasteiger partial charge < -0.3 is 10.1 Å². The van der Waals surface area contributed by atoms with Crippen molar-refractivity contribution in [3.63, 3.8) is 0 Å². The van der Waals surface area contributed by atoms with E-state index in [0.29, 0.717) is 5.56 Å². The van der Waals surface area contributed by atoms with Crippen LogP contribution in [0.2, 0.25) is 5.02 Å². The lowest BCUT2D eigenvalue weighted by Gasteiger charge is -2.11. The predicted molar refractivity (Wildman–Crippen MR) is 91.0 cm³/mol. The average molecular weight is 350 g/mol. The lowest BCUT2D eigenvalue weighted by Crippen LogP contribution is -2.22. The predicted octanol–water partition coefficient (Wildman–Crippen LogP) is 4.20. The van der Waals surface area contributed by atoms with E-state index in [1.54, 1.807) is 13.8 Å². The molecule has 126 valence electrons. The standard InChI is InChI=1S/C18H17ClFNO3/c1-10-6-11(2)17(12(3)7-10)18(23)24-9-16(22)21-15-8-13(19)4-5-14(15)20/h4-8H,9H2,1-3H3,(H,21,22). The smallest absolute Gasteiger partial charge is 0.339 e. The molecule has 1 N–H and O–H groups in total. The van der Waals surface area contributed by atoms with Gasteiger partial charge in [-0.3, -0.25) is 4.79 Å². The SMILES string of the molecule is Cc1cc(C)c(C(=O)OCC(=O)Nc2cc(Cl)ccc2F)c(C)c1. The number of hydrogen-bond acceptors (Lipinski definition) is 3. The molecule has 0 radical (unpaired) electrons. The van der Waals surface area contributed by atoms with Crippen LogP contribution in [-0.2, 0) is 9.53 Å². The molecule has 0 aromatic heterocycles. The fourth-order valence-corrected chi connectivity index (χ4v) is 2.66. The van der Waals surface area contributed by atoms with Gasteiger partial charge in [0.2, 0.25) is 0 Å². The molecule has 2 aromatic carbocycles. The first-order chi connectivity index (χ1) is 11.3. The van der Waals surface area contributed by atoms with Gasteiger partial charge in [0.25, 0.3) is 5.91 Å². The topological polar surface area (TPSA) is 55.4 Å². The quantitative estimate of drug-likeness (QED) is 0.842. The van der Waals surface area contributed by atoms with E-state index in [2.05, 4.69) is 5.32 Å². The highest BCUT2D eigenvalue weighted by atomic mass is 35.5. The fraction of sp³-hybridized carbons (Fsp3) is 0.222. The van der Waals surface area contributed by atoms with E-state index >= 15 is 0 Å². The number of carbonyl (C=O) groups excluding carboxylic acids is 2.